The molecule has 4 aliphatic rings. The predicted molar refractivity (Wildman–Crippen MR) is 130 cm³/mol. The summed E-state index contributed by atoms with van der Waals surface area (Å²) in [5, 5.41) is 0. The van der Waals surface area contributed by atoms with E-state index in [1.165, 1.54) is 25.1 Å². The molecule has 0 amide bonds. The second kappa shape index (κ2) is 9.15. The molecule has 33 heavy (non-hydrogen) atoms. The molecule has 182 valence electrons. The second-order valence-corrected chi connectivity index (χ2v) is 12.3. The molecule has 0 aromatic heterocycles. The third-order valence-corrected chi connectivity index (χ3v) is 10.1. The number of unbranched alkanes of at least 4 members (excludes halogenated alkanes) is 1. The van der Waals surface area contributed by atoms with Gasteiger partial charge in [0, 0.05) is 31.2 Å². The molecule has 0 spiro atoms. The lowest BCUT2D eigenvalue weighted by Gasteiger charge is -2.67. The van der Waals surface area contributed by atoms with E-state index in [9.17, 15) is 13.2 Å². The van der Waals surface area contributed by atoms with Gasteiger partial charge in [0.15, 0.2) is 0 Å². The average molecular weight is 495 g/mol. The van der Waals surface area contributed by atoms with E-state index in [1.807, 2.05) is 12.3 Å². The smallest absolute Gasteiger partial charge is 0.336 e. The highest BCUT2D eigenvalue weighted by Gasteiger charge is 2.61. The molecule has 0 saturated heterocycles. The Labute approximate surface area is 201 Å². The van der Waals surface area contributed by atoms with E-state index in [4.69, 9.17) is 9.47 Å². The first-order valence-corrected chi connectivity index (χ1v) is 14.2. The van der Waals surface area contributed by atoms with E-state index in [0.29, 0.717) is 17.9 Å². The van der Waals surface area contributed by atoms with Gasteiger partial charge in [0.1, 0.15) is 16.9 Å². The molecule has 0 radical (unpaired) electrons. The van der Waals surface area contributed by atoms with E-state index in [1.54, 1.807) is 24.3 Å². The Kier molecular flexibility index (Phi) is 6.77. The van der Waals surface area contributed by atoms with Crippen LogP contribution in [0.5, 0.6) is 5.75 Å². The van der Waals surface area contributed by atoms with Crippen LogP contribution in [0.15, 0.2) is 33.8 Å². The first kappa shape index (κ1) is 24.4. The van der Waals surface area contributed by atoms with Crippen molar-refractivity contribution in [2.75, 3.05) is 31.9 Å². The van der Waals surface area contributed by atoms with Crippen molar-refractivity contribution in [3.8, 4) is 5.75 Å². The minimum atomic E-state index is -3.71. The number of benzene rings is 1. The Balaban J connectivity index is 1.80. The first-order valence-electron chi connectivity index (χ1n) is 11.6. The Bertz CT molecular complexity index is 1050. The quantitative estimate of drug-likeness (QED) is 0.229. The van der Waals surface area contributed by atoms with Gasteiger partial charge in [-0.15, -0.1) is 11.8 Å². The van der Waals surface area contributed by atoms with Gasteiger partial charge < -0.3 is 14.4 Å². The van der Waals surface area contributed by atoms with Crippen molar-refractivity contribution in [3.63, 3.8) is 0 Å². The summed E-state index contributed by atoms with van der Waals surface area (Å²) in [6.45, 7) is 4.45. The maximum Gasteiger partial charge on any atom is 0.336 e. The number of sulfonamides is 1. The highest BCUT2D eigenvalue weighted by Crippen LogP contribution is 2.62. The van der Waals surface area contributed by atoms with Crippen molar-refractivity contribution in [2.45, 2.75) is 73.7 Å². The number of fused-ring (bicyclic) bond motifs is 1. The number of likely N-dealkylation sites (N-methyl/N-ethyl adjacent to an activating group) is 1. The molecule has 1 atom stereocenters. The molecular formula is C24H34N2O5S2. The summed E-state index contributed by atoms with van der Waals surface area (Å²) in [5.41, 5.74) is 1.17. The van der Waals surface area contributed by atoms with Gasteiger partial charge in [0.25, 0.3) is 0 Å². The second-order valence-electron chi connectivity index (χ2n) is 9.51. The number of methoxy groups -OCH3 is 1. The van der Waals surface area contributed by atoms with Crippen LogP contribution in [0, 0.1) is 5.92 Å². The fourth-order valence-corrected chi connectivity index (χ4v) is 7.36. The number of esters is 1. The Morgan fingerprint density at radius 2 is 2.00 bits per heavy atom. The van der Waals surface area contributed by atoms with Crippen LogP contribution >= 0.6 is 11.8 Å². The monoisotopic (exact) mass is 494 g/mol. The summed E-state index contributed by atoms with van der Waals surface area (Å²) < 4.78 is 39.7. The Hall–Kier alpha value is -1.71. The number of rotatable bonds is 8. The van der Waals surface area contributed by atoms with Gasteiger partial charge in [0.2, 0.25) is 10.0 Å². The zero-order chi connectivity index (χ0) is 24.0. The maximum absolute atomic E-state index is 13.8. The van der Waals surface area contributed by atoms with Crippen molar-refractivity contribution < 1.29 is 22.7 Å². The summed E-state index contributed by atoms with van der Waals surface area (Å²) in [6.07, 6.45) is 9.56. The molecule has 0 N–H and O–H groups in total. The lowest BCUT2D eigenvalue weighted by Crippen LogP contribution is -2.69. The summed E-state index contributed by atoms with van der Waals surface area (Å²) >= 11 is 1.50. The highest BCUT2D eigenvalue weighted by atomic mass is 32.2. The molecule has 1 aromatic rings. The zero-order valence-corrected chi connectivity index (χ0v) is 21.7. The third kappa shape index (κ3) is 4.17. The van der Waals surface area contributed by atoms with E-state index in [2.05, 4.69) is 11.8 Å². The Morgan fingerprint density at radius 3 is 2.55 bits per heavy atom. The van der Waals surface area contributed by atoms with Crippen LogP contribution in [-0.4, -0.2) is 57.2 Å². The van der Waals surface area contributed by atoms with Crippen molar-refractivity contribution in [3.05, 3.63) is 24.0 Å². The van der Waals surface area contributed by atoms with Gasteiger partial charge in [-0.05, 0) is 50.8 Å². The minimum absolute atomic E-state index is 0.0695. The van der Waals surface area contributed by atoms with Gasteiger partial charge in [-0.25, -0.2) is 13.2 Å². The normalized spacial score (nSPS) is 28.3. The van der Waals surface area contributed by atoms with Crippen LogP contribution in [0.1, 0.15) is 52.4 Å². The van der Waals surface area contributed by atoms with Gasteiger partial charge in [0.05, 0.1) is 23.3 Å². The standard InChI is InChI=1S/C24H34N2O5S2/c1-6-7-8-18-14-26(24-11-17(12-24)13-24)19-9-21(32-5)20(31-15-16(2)23(27)30-4)10-22(19)33(28,29)25(18)3/h9-10,15,17-18H,6-8,11-14H2,1-5H3/b16-15+/t17?,18-,24?/m1/s1. The van der Waals surface area contributed by atoms with Crippen LogP contribution in [0.3, 0.4) is 0 Å². The number of ether oxygens (including phenoxy) is 2. The fraction of sp³-hybridized carbons (Fsp3) is 0.625. The molecule has 7 nitrogen and oxygen atoms in total. The van der Waals surface area contributed by atoms with Crippen LogP contribution in [0.2, 0.25) is 0 Å². The average Bonchev–Trinajstić information content (AvgIpc) is 2.81. The van der Waals surface area contributed by atoms with Crippen molar-refractivity contribution in [2.24, 2.45) is 5.92 Å². The largest absolute Gasteiger partial charge is 0.466 e. The SMILES string of the molecule is CCCC[C@@H]1CN(C23CC(C2)C3)c2cc(SC)c(O/C=C(\C)C(=O)OC)cc2S(=O)(=O)N1C. The summed E-state index contributed by atoms with van der Waals surface area (Å²) in [4.78, 5) is 15.3. The number of hydrogen-bond donors (Lipinski definition) is 0. The summed E-state index contributed by atoms with van der Waals surface area (Å²) in [5.74, 6) is 0.719. The van der Waals surface area contributed by atoms with E-state index in [-0.39, 0.29) is 16.5 Å². The van der Waals surface area contributed by atoms with Crippen LogP contribution in [0.25, 0.3) is 0 Å². The van der Waals surface area contributed by atoms with E-state index >= 15 is 0 Å². The lowest BCUT2D eigenvalue weighted by atomic mass is 9.49. The van der Waals surface area contributed by atoms with Crippen molar-refractivity contribution >= 4 is 33.4 Å². The molecule has 0 unspecified atom stereocenters. The predicted octanol–water partition coefficient (Wildman–Crippen LogP) is 4.42. The van der Waals surface area contributed by atoms with Crippen molar-refractivity contribution in [1.29, 1.82) is 0 Å². The highest BCUT2D eigenvalue weighted by molar-refractivity contribution is 7.98. The number of thioether (sulfide) groups is 1. The molecule has 9 heteroatoms. The number of carbonyl (C=O) groups excluding carboxylic acids is 1. The molecule has 3 aliphatic carbocycles. The lowest BCUT2D eigenvalue weighted by molar-refractivity contribution is -0.136. The van der Waals surface area contributed by atoms with Gasteiger partial charge in [-0.1, -0.05) is 19.8 Å². The van der Waals surface area contributed by atoms with E-state index in [0.717, 1.165) is 55.0 Å². The topological polar surface area (TPSA) is 76.1 Å². The maximum atomic E-state index is 13.8. The van der Waals surface area contributed by atoms with Crippen LogP contribution < -0.4 is 9.64 Å². The first-order chi connectivity index (χ1) is 15.7. The van der Waals surface area contributed by atoms with E-state index < -0.39 is 16.0 Å². The molecule has 3 saturated carbocycles. The molecule has 5 rings (SSSR count). The Morgan fingerprint density at radius 1 is 1.30 bits per heavy atom. The molecular weight excluding hydrogens is 460 g/mol. The van der Waals surface area contributed by atoms with Gasteiger partial charge in [-0.2, -0.15) is 4.31 Å². The van der Waals surface area contributed by atoms with Gasteiger partial charge in [-0.3, -0.25) is 0 Å². The van der Waals surface area contributed by atoms with Crippen LogP contribution in [0.4, 0.5) is 5.69 Å². The minimum Gasteiger partial charge on any atom is -0.466 e. The number of nitrogens with zero attached hydrogens (tertiary/aromatic N) is 2. The third-order valence-electron chi connectivity index (χ3n) is 7.44. The number of hydrogen-bond acceptors (Lipinski definition) is 7. The van der Waals surface area contributed by atoms with Gasteiger partial charge >= 0.3 is 5.97 Å². The van der Waals surface area contributed by atoms with Crippen molar-refractivity contribution in [1.82, 2.24) is 4.31 Å². The molecule has 2 bridgehead atoms. The summed E-state index contributed by atoms with van der Waals surface area (Å²) in [6, 6.07) is 3.53. The number of carbonyl (C=O) groups is 1. The summed E-state index contributed by atoms with van der Waals surface area (Å²) in [7, 11) is -0.698. The zero-order valence-electron chi connectivity index (χ0n) is 20.1. The number of anilines is 1. The molecule has 1 heterocycles. The molecule has 3 fully saturated rings. The fourth-order valence-electron chi connectivity index (χ4n) is 5.26. The van der Waals surface area contributed by atoms with Crippen LogP contribution in [-0.2, 0) is 19.6 Å². The molecule has 1 aromatic carbocycles. The molecule has 1 aliphatic heterocycles.